The van der Waals surface area contributed by atoms with Gasteiger partial charge in [-0.25, -0.2) is 9.83 Å². The Balaban J connectivity index is 1.72. The minimum atomic E-state index is 0.657. The lowest BCUT2D eigenvalue weighted by atomic mass is 10.0. The van der Waals surface area contributed by atoms with Crippen molar-refractivity contribution in [3.63, 3.8) is 0 Å². The minimum absolute atomic E-state index is 0.657. The first-order valence-electron chi connectivity index (χ1n) is 10.6. The summed E-state index contributed by atoms with van der Waals surface area (Å²) in [7, 11) is 2.17. The number of rotatable bonds is 3. The summed E-state index contributed by atoms with van der Waals surface area (Å²) in [6.07, 6.45) is 3.96. The molecule has 0 amide bonds. The number of hydrogen-bond donors (Lipinski definition) is 0. The Morgan fingerprint density at radius 1 is 0.903 bits per heavy atom. The molecule has 0 spiro atoms. The van der Waals surface area contributed by atoms with Gasteiger partial charge in [-0.1, -0.05) is 54.1 Å². The fourth-order valence-electron chi connectivity index (χ4n) is 4.29. The number of fused-ring (bicyclic) bond motifs is 1. The second-order valence-electron chi connectivity index (χ2n) is 8.23. The molecular formula is C26H25N5. The van der Waals surface area contributed by atoms with E-state index in [1.165, 1.54) is 11.1 Å². The van der Waals surface area contributed by atoms with Crippen molar-refractivity contribution in [2.75, 3.05) is 38.1 Å². The second kappa shape index (κ2) is 7.90. The molecule has 0 N–H and O–H groups in total. The van der Waals surface area contributed by atoms with Gasteiger partial charge in [0.25, 0.3) is 0 Å². The molecule has 0 aliphatic carbocycles. The van der Waals surface area contributed by atoms with Crippen molar-refractivity contribution in [3.05, 3.63) is 84.0 Å². The van der Waals surface area contributed by atoms with Gasteiger partial charge >= 0.3 is 0 Å². The van der Waals surface area contributed by atoms with Gasteiger partial charge in [0.05, 0.1) is 17.8 Å². The van der Waals surface area contributed by atoms with Crippen LogP contribution in [0, 0.1) is 13.5 Å². The average molecular weight is 408 g/mol. The number of aryl methyl sites for hydroxylation is 1. The minimum Gasteiger partial charge on any atom is -0.352 e. The lowest BCUT2D eigenvalue weighted by Gasteiger charge is -2.33. The molecule has 0 atom stereocenters. The van der Waals surface area contributed by atoms with Crippen LogP contribution in [-0.2, 0) is 0 Å². The highest BCUT2D eigenvalue weighted by atomic mass is 15.3. The van der Waals surface area contributed by atoms with E-state index in [9.17, 15) is 0 Å². The van der Waals surface area contributed by atoms with Gasteiger partial charge in [-0.05, 0) is 31.2 Å². The van der Waals surface area contributed by atoms with E-state index in [0.717, 1.165) is 54.3 Å². The zero-order chi connectivity index (χ0) is 21.4. The van der Waals surface area contributed by atoms with E-state index >= 15 is 0 Å². The fraction of sp³-hybridized carbons (Fsp3) is 0.231. The van der Waals surface area contributed by atoms with Gasteiger partial charge in [-0.15, -0.1) is 0 Å². The number of nitrogens with zero attached hydrogens (tertiary/aromatic N) is 5. The molecule has 0 radical (unpaired) electrons. The third-order valence-electron chi connectivity index (χ3n) is 6.11. The quantitative estimate of drug-likeness (QED) is 0.433. The van der Waals surface area contributed by atoms with Gasteiger partial charge in [0, 0.05) is 44.1 Å². The smallest absolute Gasteiger partial charge is 0.187 e. The molecule has 5 nitrogen and oxygen atoms in total. The van der Waals surface area contributed by atoms with Crippen LogP contribution in [0.15, 0.2) is 67.0 Å². The number of piperazine rings is 1. The largest absolute Gasteiger partial charge is 0.352 e. The third-order valence-corrected chi connectivity index (χ3v) is 6.11. The molecule has 1 fully saturated rings. The Morgan fingerprint density at radius 3 is 2.26 bits per heavy atom. The molecule has 2 aromatic heterocycles. The van der Waals surface area contributed by atoms with E-state index in [1.54, 1.807) is 0 Å². The van der Waals surface area contributed by atoms with Crippen molar-refractivity contribution < 1.29 is 0 Å². The maximum atomic E-state index is 7.26. The molecule has 5 rings (SSSR count). The van der Waals surface area contributed by atoms with E-state index in [1.807, 2.05) is 30.5 Å². The Kier molecular flexibility index (Phi) is 4.93. The maximum Gasteiger partial charge on any atom is 0.187 e. The van der Waals surface area contributed by atoms with Crippen LogP contribution >= 0.6 is 0 Å². The standard InChI is InChI=1S/C26H25N5/c1-19-4-6-21(7-5-19)25-23(20-8-10-22(27-2)11-9-20)18-24-26(28-12-13-31(24)25)30-16-14-29(3)15-17-30/h4-13,18H,14-17H2,1,3H3. The van der Waals surface area contributed by atoms with Crippen LogP contribution in [-0.4, -0.2) is 47.5 Å². The molecule has 0 saturated carbocycles. The summed E-state index contributed by atoms with van der Waals surface area (Å²) in [6.45, 7) is 13.4. The SMILES string of the molecule is [C-]#[N+]c1ccc(-c2cc3c(N4CCN(C)CC4)nccn3c2-c2ccc(C)cc2)cc1. The van der Waals surface area contributed by atoms with E-state index < -0.39 is 0 Å². The van der Waals surface area contributed by atoms with Crippen molar-refractivity contribution >= 4 is 17.0 Å². The number of hydrogen-bond acceptors (Lipinski definition) is 3. The van der Waals surface area contributed by atoms with Crippen LogP contribution in [0.1, 0.15) is 5.56 Å². The lowest BCUT2D eigenvalue weighted by Crippen LogP contribution is -2.44. The van der Waals surface area contributed by atoms with E-state index in [4.69, 9.17) is 11.6 Å². The van der Waals surface area contributed by atoms with Crippen molar-refractivity contribution in [1.82, 2.24) is 14.3 Å². The summed E-state index contributed by atoms with van der Waals surface area (Å²) < 4.78 is 2.27. The second-order valence-corrected chi connectivity index (χ2v) is 8.23. The fourth-order valence-corrected chi connectivity index (χ4v) is 4.29. The van der Waals surface area contributed by atoms with Gasteiger partial charge in [0.1, 0.15) is 0 Å². The first-order valence-corrected chi connectivity index (χ1v) is 10.6. The van der Waals surface area contributed by atoms with Gasteiger partial charge in [0.15, 0.2) is 11.5 Å². The van der Waals surface area contributed by atoms with Crippen LogP contribution in [0.4, 0.5) is 11.5 Å². The average Bonchev–Trinajstić information content (AvgIpc) is 3.20. The van der Waals surface area contributed by atoms with Gasteiger partial charge in [-0.2, -0.15) is 0 Å². The molecule has 31 heavy (non-hydrogen) atoms. The summed E-state index contributed by atoms with van der Waals surface area (Å²) in [5.41, 5.74) is 7.61. The number of anilines is 1. The predicted molar refractivity (Wildman–Crippen MR) is 127 cm³/mol. The van der Waals surface area contributed by atoms with Crippen LogP contribution < -0.4 is 4.90 Å². The summed E-state index contributed by atoms with van der Waals surface area (Å²) in [5.74, 6) is 1.04. The van der Waals surface area contributed by atoms with E-state index in [2.05, 4.69) is 69.5 Å². The molecule has 154 valence electrons. The molecule has 1 aliphatic heterocycles. The Morgan fingerprint density at radius 2 is 1.58 bits per heavy atom. The summed E-state index contributed by atoms with van der Waals surface area (Å²) in [6, 6.07) is 18.8. The summed E-state index contributed by atoms with van der Waals surface area (Å²) in [4.78, 5) is 13.1. The zero-order valence-electron chi connectivity index (χ0n) is 17.9. The molecule has 4 aromatic rings. The van der Waals surface area contributed by atoms with Crippen LogP contribution in [0.2, 0.25) is 0 Å². The highest BCUT2D eigenvalue weighted by Gasteiger charge is 2.21. The first kappa shape index (κ1) is 19.3. The van der Waals surface area contributed by atoms with Crippen molar-refractivity contribution in [2.24, 2.45) is 0 Å². The third kappa shape index (κ3) is 3.56. The van der Waals surface area contributed by atoms with Crippen molar-refractivity contribution in [1.29, 1.82) is 0 Å². The summed E-state index contributed by atoms with van der Waals surface area (Å²) >= 11 is 0. The molecule has 0 unspecified atom stereocenters. The predicted octanol–water partition coefficient (Wildman–Crippen LogP) is 5.28. The lowest BCUT2D eigenvalue weighted by molar-refractivity contribution is 0.312. The Hall–Kier alpha value is -3.62. The molecule has 3 heterocycles. The van der Waals surface area contributed by atoms with Crippen molar-refractivity contribution in [2.45, 2.75) is 6.92 Å². The number of aromatic nitrogens is 2. The molecule has 2 aromatic carbocycles. The molecule has 0 bridgehead atoms. The van der Waals surface area contributed by atoms with Gasteiger partial charge in [-0.3, -0.25) is 0 Å². The highest BCUT2D eigenvalue weighted by molar-refractivity contribution is 5.90. The van der Waals surface area contributed by atoms with Gasteiger partial charge < -0.3 is 14.2 Å². The Labute approximate surface area is 183 Å². The molecule has 5 heteroatoms. The topological polar surface area (TPSA) is 28.1 Å². The van der Waals surface area contributed by atoms with E-state index in [0.29, 0.717) is 5.69 Å². The van der Waals surface area contributed by atoms with Crippen LogP contribution in [0.3, 0.4) is 0 Å². The molecule has 1 saturated heterocycles. The normalized spacial score (nSPS) is 14.7. The van der Waals surface area contributed by atoms with Gasteiger partial charge in [0.2, 0.25) is 0 Å². The summed E-state index contributed by atoms with van der Waals surface area (Å²) in [5, 5.41) is 0. The Bertz CT molecular complexity index is 1250. The molecular weight excluding hydrogens is 382 g/mol. The van der Waals surface area contributed by atoms with Crippen LogP contribution in [0.5, 0.6) is 0 Å². The maximum absolute atomic E-state index is 7.26. The highest BCUT2D eigenvalue weighted by Crippen LogP contribution is 2.38. The monoisotopic (exact) mass is 407 g/mol. The van der Waals surface area contributed by atoms with Crippen molar-refractivity contribution in [3.8, 4) is 22.4 Å². The first-order chi connectivity index (χ1) is 15.1. The van der Waals surface area contributed by atoms with Crippen LogP contribution in [0.25, 0.3) is 32.7 Å². The zero-order valence-corrected chi connectivity index (χ0v) is 17.9. The van der Waals surface area contributed by atoms with E-state index in [-0.39, 0.29) is 0 Å². The molecule has 1 aliphatic rings. The number of benzene rings is 2. The number of likely N-dealkylation sites (N-methyl/N-ethyl adjacent to an activating group) is 1.